The number of likely N-dealkylation sites (tertiary alicyclic amines) is 1. The minimum Gasteiger partial charge on any atom is -0.496 e. The van der Waals surface area contributed by atoms with E-state index in [2.05, 4.69) is 0 Å². The maximum absolute atomic E-state index is 13.4. The van der Waals surface area contributed by atoms with Gasteiger partial charge < -0.3 is 14.4 Å². The molecular formula is C23H28N2O5S. The highest BCUT2D eigenvalue weighted by atomic mass is 32.2. The van der Waals surface area contributed by atoms with Crippen LogP contribution in [0.4, 0.5) is 5.69 Å². The summed E-state index contributed by atoms with van der Waals surface area (Å²) >= 11 is 0. The molecule has 8 heteroatoms. The predicted octanol–water partition coefficient (Wildman–Crippen LogP) is 3.09. The van der Waals surface area contributed by atoms with Gasteiger partial charge in [0.05, 0.1) is 29.4 Å². The molecule has 1 atom stereocenters. The number of nitrogens with zero attached hydrogens (tertiary/aromatic N) is 2. The number of piperidine rings is 1. The highest BCUT2D eigenvalue weighted by Crippen LogP contribution is 2.34. The van der Waals surface area contributed by atoms with Crippen molar-refractivity contribution in [3.63, 3.8) is 0 Å². The molecule has 0 aliphatic carbocycles. The second kappa shape index (κ2) is 8.88. The normalized spacial score (nSPS) is 18.7. The number of carbonyl (C=O) groups is 1. The molecule has 166 valence electrons. The maximum atomic E-state index is 13.4. The maximum Gasteiger partial charge on any atom is 0.264 e. The Balaban J connectivity index is 1.66. The zero-order valence-electron chi connectivity index (χ0n) is 17.9. The van der Waals surface area contributed by atoms with Crippen LogP contribution in [0.3, 0.4) is 0 Å². The van der Waals surface area contributed by atoms with Crippen molar-refractivity contribution in [2.75, 3.05) is 37.7 Å². The second-order valence-electron chi connectivity index (χ2n) is 7.79. The van der Waals surface area contributed by atoms with Crippen LogP contribution in [0, 0.1) is 0 Å². The van der Waals surface area contributed by atoms with Crippen LogP contribution in [0.15, 0.2) is 47.4 Å². The fraction of sp³-hybridized carbons (Fsp3) is 0.435. The highest BCUT2D eigenvalue weighted by molar-refractivity contribution is 7.92. The molecule has 2 aromatic rings. The Morgan fingerprint density at radius 2 is 1.97 bits per heavy atom. The van der Waals surface area contributed by atoms with Crippen molar-refractivity contribution in [3.8, 4) is 5.75 Å². The summed E-state index contributed by atoms with van der Waals surface area (Å²) in [6.07, 6.45) is 2.43. The minimum atomic E-state index is -3.80. The number of ether oxygens (including phenoxy) is 2. The summed E-state index contributed by atoms with van der Waals surface area (Å²) in [7, 11) is -2.32. The van der Waals surface area contributed by atoms with Crippen LogP contribution in [0.2, 0.25) is 0 Å². The van der Waals surface area contributed by atoms with Gasteiger partial charge in [-0.2, -0.15) is 0 Å². The molecule has 2 aliphatic rings. The number of anilines is 1. The molecule has 2 aliphatic heterocycles. The first-order valence-electron chi connectivity index (χ1n) is 10.6. The summed E-state index contributed by atoms with van der Waals surface area (Å²) in [5, 5.41) is 0. The van der Waals surface area contributed by atoms with E-state index in [4.69, 9.17) is 9.47 Å². The van der Waals surface area contributed by atoms with E-state index in [1.165, 1.54) is 23.5 Å². The van der Waals surface area contributed by atoms with Crippen molar-refractivity contribution < 1.29 is 22.7 Å². The van der Waals surface area contributed by atoms with Crippen molar-refractivity contribution in [1.82, 2.24) is 4.90 Å². The number of sulfonamides is 1. The Hall–Kier alpha value is -2.58. The quantitative estimate of drug-likeness (QED) is 0.684. The summed E-state index contributed by atoms with van der Waals surface area (Å²) in [6.45, 7) is 4.03. The number of hydrogen-bond donors (Lipinski definition) is 0. The Labute approximate surface area is 183 Å². The molecule has 0 saturated carbocycles. The first-order chi connectivity index (χ1) is 15.0. The monoisotopic (exact) mass is 444 g/mol. The Bertz CT molecular complexity index is 1070. The van der Waals surface area contributed by atoms with E-state index in [-0.39, 0.29) is 22.5 Å². The number of carbonyl (C=O) groups excluding carboxylic acids is 1. The Kier molecular flexibility index (Phi) is 6.20. The zero-order chi connectivity index (χ0) is 22.0. The smallest absolute Gasteiger partial charge is 0.264 e. The molecule has 7 nitrogen and oxygen atoms in total. The first-order valence-corrected chi connectivity index (χ1v) is 12.1. The summed E-state index contributed by atoms with van der Waals surface area (Å²) in [5.74, 6) is 0.129. The largest absolute Gasteiger partial charge is 0.496 e. The lowest BCUT2D eigenvalue weighted by atomic mass is 10.1. The highest BCUT2D eigenvalue weighted by Gasteiger charge is 2.33. The van der Waals surface area contributed by atoms with E-state index in [1.54, 1.807) is 11.0 Å². The molecule has 0 N–H and O–H groups in total. The van der Waals surface area contributed by atoms with Gasteiger partial charge in [0.2, 0.25) is 0 Å². The van der Waals surface area contributed by atoms with E-state index in [9.17, 15) is 13.2 Å². The number of fused-ring (bicyclic) bond motifs is 1. The third-order valence-electron chi connectivity index (χ3n) is 5.90. The number of para-hydroxylation sites is 1. The molecule has 2 aromatic carbocycles. The lowest BCUT2D eigenvalue weighted by Gasteiger charge is -2.33. The van der Waals surface area contributed by atoms with Gasteiger partial charge in [-0.15, -0.1) is 0 Å². The molecule has 0 bridgehead atoms. The molecule has 2 heterocycles. The molecule has 1 unspecified atom stereocenters. The summed E-state index contributed by atoms with van der Waals surface area (Å²) < 4.78 is 39.4. The predicted molar refractivity (Wildman–Crippen MR) is 118 cm³/mol. The van der Waals surface area contributed by atoms with Crippen molar-refractivity contribution in [3.05, 3.63) is 53.6 Å². The average Bonchev–Trinajstić information content (AvgIpc) is 3.23. The SMILES string of the molecule is CCOC1CCCN(C(=O)c2cc(S(=O)(=O)N3CCc4ccccc43)ccc2OC)C1. The number of hydrogen-bond acceptors (Lipinski definition) is 5. The van der Waals surface area contributed by atoms with Gasteiger partial charge in [0, 0.05) is 26.2 Å². The molecule has 1 amide bonds. The molecule has 0 aromatic heterocycles. The van der Waals surface area contributed by atoms with Crippen molar-refractivity contribution in [1.29, 1.82) is 0 Å². The molecule has 0 spiro atoms. The summed E-state index contributed by atoms with van der Waals surface area (Å²) in [5.41, 5.74) is 1.96. The van der Waals surface area contributed by atoms with Crippen LogP contribution in [0.25, 0.3) is 0 Å². The summed E-state index contributed by atoms with van der Waals surface area (Å²) in [6, 6.07) is 12.0. The van der Waals surface area contributed by atoms with Gasteiger partial charge in [0.15, 0.2) is 0 Å². The van der Waals surface area contributed by atoms with Gasteiger partial charge in [0.25, 0.3) is 15.9 Å². The van der Waals surface area contributed by atoms with E-state index in [0.29, 0.717) is 44.1 Å². The van der Waals surface area contributed by atoms with Gasteiger partial charge >= 0.3 is 0 Å². The number of amides is 1. The standard InChI is InChI=1S/C23H28N2O5S/c1-3-30-18-8-6-13-24(16-18)23(26)20-15-19(10-11-22(20)29-2)31(27,28)25-14-12-17-7-4-5-9-21(17)25/h4-5,7,9-11,15,18H,3,6,8,12-14,16H2,1-2H3. The van der Waals surface area contributed by atoms with Gasteiger partial charge in [-0.25, -0.2) is 8.42 Å². The number of rotatable bonds is 6. The van der Waals surface area contributed by atoms with Gasteiger partial charge in [0.1, 0.15) is 5.75 Å². The third-order valence-corrected chi connectivity index (χ3v) is 7.71. The number of methoxy groups -OCH3 is 1. The second-order valence-corrected chi connectivity index (χ2v) is 9.65. The molecular weight excluding hydrogens is 416 g/mol. The molecule has 31 heavy (non-hydrogen) atoms. The lowest BCUT2D eigenvalue weighted by Crippen LogP contribution is -2.43. The van der Waals surface area contributed by atoms with E-state index in [0.717, 1.165) is 18.4 Å². The third kappa shape index (κ3) is 4.14. The topological polar surface area (TPSA) is 76.2 Å². The fourth-order valence-corrected chi connectivity index (χ4v) is 5.89. The van der Waals surface area contributed by atoms with E-state index in [1.807, 2.05) is 31.2 Å². The van der Waals surface area contributed by atoms with Crippen LogP contribution >= 0.6 is 0 Å². The fourth-order valence-electron chi connectivity index (χ4n) is 4.36. The van der Waals surface area contributed by atoms with Crippen LogP contribution in [-0.2, 0) is 21.2 Å². The minimum absolute atomic E-state index is 0.00158. The van der Waals surface area contributed by atoms with Crippen LogP contribution in [0.1, 0.15) is 35.7 Å². The molecule has 1 saturated heterocycles. The Morgan fingerprint density at radius 3 is 2.74 bits per heavy atom. The van der Waals surface area contributed by atoms with Gasteiger partial charge in [-0.3, -0.25) is 9.10 Å². The first kappa shape index (κ1) is 21.6. The zero-order valence-corrected chi connectivity index (χ0v) is 18.7. The number of benzene rings is 2. The van der Waals surface area contributed by atoms with Crippen molar-refractivity contribution in [2.45, 2.75) is 37.2 Å². The molecule has 1 fully saturated rings. The summed E-state index contributed by atoms with van der Waals surface area (Å²) in [4.78, 5) is 15.1. The molecule has 0 radical (unpaired) electrons. The molecule has 4 rings (SSSR count). The van der Waals surface area contributed by atoms with Crippen LogP contribution < -0.4 is 9.04 Å². The van der Waals surface area contributed by atoms with Crippen LogP contribution in [0.5, 0.6) is 5.75 Å². The average molecular weight is 445 g/mol. The van der Waals surface area contributed by atoms with E-state index < -0.39 is 10.0 Å². The lowest BCUT2D eigenvalue weighted by molar-refractivity contribution is 0.00713. The van der Waals surface area contributed by atoms with Gasteiger partial charge in [-0.05, 0) is 56.0 Å². The van der Waals surface area contributed by atoms with E-state index >= 15 is 0 Å². The van der Waals surface area contributed by atoms with Crippen LogP contribution in [-0.4, -0.2) is 58.7 Å². The Morgan fingerprint density at radius 1 is 1.16 bits per heavy atom. The van der Waals surface area contributed by atoms with Crippen molar-refractivity contribution in [2.24, 2.45) is 0 Å². The van der Waals surface area contributed by atoms with Gasteiger partial charge in [-0.1, -0.05) is 18.2 Å². The van der Waals surface area contributed by atoms with Crippen molar-refractivity contribution >= 4 is 21.6 Å².